The van der Waals surface area contributed by atoms with Crippen molar-refractivity contribution < 1.29 is 19.1 Å². The fraction of sp³-hybridized carbons (Fsp3) is 0.429. The number of benzene rings is 1. The van der Waals surface area contributed by atoms with Gasteiger partial charge in [0.2, 0.25) is 0 Å². The molecule has 4 heteroatoms. The van der Waals surface area contributed by atoms with Crippen molar-refractivity contribution in [2.24, 2.45) is 0 Å². The third-order valence-electron chi connectivity index (χ3n) is 2.07. The van der Waals surface area contributed by atoms with Crippen molar-refractivity contribution in [2.45, 2.75) is 33.3 Å². The first-order valence-corrected chi connectivity index (χ1v) is 5.73. The summed E-state index contributed by atoms with van der Waals surface area (Å²) in [5, 5.41) is 0. The highest BCUT2D eigenvalue weighted by atomic mass is 16.5. The molecule has 0 aliphatic heterocycles. The molecule has 0 bridgehead atoms. The van der Waals surface area contributed by atoms with Crippen molar-refractivity contribution in [2.75, 3.05) is 6.61 Å². The Balaban J connectivity index is 2.62. The third-order valence-corrected chi connectivity index (χ3v) is 2.07. The zero-order chi connectivity index (χ0) is 13.8. The summed E-state index contributed by atoms with van der Waals surface area (Å²) in [5.41, 5.74) is 0.197. The van der Waals surface area contributed by atoms with Gasteiger partial charge in [0.25, 0.3) is 0 Å². The van der Waals surface area contributed by atoms with Crippen LogP contribution < -0.4 is 4.74 Å². The zero-order valence-corrected chi connectivity index (χ0v) is 11.1. The Morgan fingerprint density at radius 3 is 2.11 bits per heavy atom. The Morgan fingerprint density at radius 1 is 1.11 bits per heavy atom. The van der Waals surface area contributed by atoms with Gasteiger partial charge in [0, 0.05) is 12.5 Å². The predicted octanol–water partition coefficient (Wildman–Crippen LogP) is 2.61. The van der Waals surface area contributed by atoms with Crippen molar-refractivity contribution in [3.05, 3.63) is 29.8 Å². The van der Waals surface area contributed by atoms with Crippen LogP contribution in [0.15, 0.2) is 24.3 Å². The van der Waals surface area contributed by atoms with E-state index in [1.54, 1.807) is 24.3 Å². The standard InChI is InChI=1S/C14H18O4/c1-10(15)18-12-7-5-11(6-8-12)13(16)9-17-14(2,3)4/h5-8H,9H2,1-4H3. The van der Waals surface area contributed by atoms with Gasteiger partial charge in [0.05, 0.1) is 5.60 Å². The minimum absolute atomic E-state index is 0.0381. The van der Waals surface area contributed by atoms with Gasteiger partial charge in [0.15, 0.2) is 5.78 Å². The first-order chi connectivity index (χ1) is 8.28. The van der Waals surface area contributed by atoms with Crippen LogP contribution >= 0.6 is 0 Å². The number of ketones is 1. The smallest absolute Gasteiger partial charge is 0.308 e. The van der Waals surface area contributed by atoms with Gasteiger partial charge in [-0.05, 0) is 45.0 Å². The number of carbonyl (C=O) groups excluding carboxylic acids is 2. The zero-order valence-electron chi connectivity index (χ0n) is 11.1. The molecule has 0 saturated carbocycles. The lowest BCUT2D eigenvalue weighted by Gasteiger charge is -2.18. The van der Waals surface area contributed by atoms with E-state index in [9.17, 15) is 9.59 Å². The summed E-state index contributed by atoms with van der Waals surface area (Å²) in [6.45, 7) is 7.05. The molecule has 0 aliphatic carbocycles. The minimum Gasteiger partial charge on any atom is -0.427 e. The van der Waals surface area contributed by atoms with E-state index in [0.29, 0.717) is 11.3 Å². The maximum absolute atomic E-state index is 11.8. The van der Waals surface area contributed by atoms with Gasteiger partial charge in [-0.15, -0.1) is 0 Å². The molecule has 0 fully saturated rings. The molecule has 98 valence electrons. The second-order valence-electron chi connectivity index (χ2n) is 4.94. The van der Waals surface area contributed by atoms with Gasteiger partial charge in [0.1, 0.15) is 12.4 Å². The minimum atomic E-state index is -0.384. The van der Waals surface area contributed by atoms with Gasteiger partial charge in [-0.3, -0.25) is 9.59 Å². The van der Waals surface area contributed by atoms with Gasteiger partial charge in [-0.25, -0.2) is 0 Å². The molecule has 0 unspecified atom stereocenters. The van der Waals surface area contributed by atoms with E-state index in [1.165, 1.54) is 6.92 Å². The van der Waals surface area contributed by atoms with E-state index in [4.69, 9.17) is 9.47 Å². The molecular weight excluding hydrogens is 232 g/mol. The highest BCUT2D eigenvalue weighted by Gasteiger charge is 2.14. The molecule has 0 radical (unpaired) electrons. The maximum atomic E-state index is 11.8. The molecule has 4 nitrogen and oxygen atoms in total. The van der Waals surface area contributed by atoms with E-state index in [2.05, 4.69) is 0 Å². The van der Waals surface area contributed by atoms with Crippen LogP contribution in [0.1, 0.15) is 38.1 Å². The van der Waals surface area contributed by atoms with E-state index in [1.807, 2.05) is 20.8 Å². The van der Waals surface area contributed by atoms with Crippen LogP contribution in [-0.2, 0) is 9.53 Å². The third kappa shape index (κ3) is 5.10. The molecule has 0 N–H and O–H groups in total. The Labute approximate surface area is 107 Å². The lowest BCUT2D eigenvalue weighted by atomic mass is 10.1. The maximum Gasteiger partial charge on any atom is 0.308 e. The van der Waals surface area contributed by atoms with Crippen LogP contribution in [0.5, 0.6) is 5.75 Å². The van der Waals surface area contributed by atoms with Crippen LogP contribution in [0.25, 0.3) is 0 Å². The molecule has 0 atom stereocenters. The van der Waals surface area contributed by atoms with Crippen molar-refractivity contribution in [3.63, 3.8) is 0 Å². The lowest BCUT2D eigenvalue weighted by Crippen LogP contribution is -2.23. The molecular formula is C14H18O4. The number of rotatable bonds is 4. The predicted molar refractivity (Wildman–Crippen MR) is 67.8 cm³/mol. The summed E-state index contributed by atoms with van der Waals surface area (Å²) in [4.78, 5) is 22.5. The molecule has 0 spiro atoms. The summed E-state index contributed by atoms with van der Waals surface area (Å²) in [5.74, 6) is -0.0553. The Hall–Kier alpha value is -1.68. The molecule has 1 rings (SSSR count). The average molecular weight is 250 g/mol. The summed E-state index contributed by atoms with van der Waals surface area (Å²) in [7, 11) is 0. The monoisotopic (exact) mass is 250 g/mol. The second kappa shape index (κ2) is 5.78. The Kier molecular flexibility index (Phi) is 4.62. The first-order valence-electron chi connectivity index (χ1n) is 5.73. The molecule has 1 aromatic carbocycles. The van der Waals surface area contributed by atoms with E-state index in [0.717, 1.165) is 0 Å². The summed E-state index contributed by atoms with van der Waals surface area (Å²) in [6, 6.07) is 6.41. The highest BCUT2D eigenvalue weighted by molar-refractivity contribution is 5.97. The molecule has 0 amide bonds. The highest BCUT2D eigenvalue weighted by Crippen LogP contribution is 2.14. The molecule has 0 saturated heterocycles. The fourth-order valence-corrected chi connectivity index (χ4v) is 1.24. The lowest BCUT2D eigenvalue weighted by molar-refractivity contribution is -0.131. The summed E-state index contributed by atoms with van der Waals surface area (Å²) < 4.78 is 10.3. The molecule has 0 aromatic heterocycles. The largest absolute Gasteiger partial charge is 0.427 e. The van der Waals surface area contributed by atoms with E-state index < -0.39 is 0 Å². The molecule has 1 aromatic rings. The van der Waals surface area contributed by atoms with Gasteiger partial charge in [-0.2, -0.15) is 0 Å². The van der Waals surface area contributed by atoms with Crippen molar-refractivity contribution >= 4 is 11.8 Å². The SMILES string of the molecule is CC(=O)Oc1ccc(C(=O)COC(C)(C)C)cc1. The van der Waals surface area contributed by atoms with E-state index in [-0.39, 0.29) is 24.0 Å². The number of Topliss-reactive ketones (excluding diaryl/α,β-unsaturated/α-hetero) is 1. The van der Waals surface area contributed by atoms with E-state index >= 15 is 0 Å². The number of hydrogen-bond acceptors (Lipinski definition) is 4. The number of hydrogen-bond donors (Lipinski definition) is 0. The van der Waals surface area contributed by atoms with Crippen molar-refractivity contribution in [3.8, 4) is 5.75 Å². The Morgan fingerprint density at radius 2 is 1.67 bits per heavy atom. The quantitative estimate of drug-likeness (QED) is 0.468. The summed E-state index contributed by atoms with van der Waals surface area (Å²) >= 11 is 0. The van der Waals surface area contributed by atoms with Crippen LogP contribution in [0, 0.1) is 0 Å². The van der Waals surface area contributed by atoms with Crippen molar-refractivity contribution in [1.29, 1.82) is 0 Å². The fourth-order valence-electron chi connectivity index (χ4n) is 1.24. The average Bonchev–Trinajstić information content (AvgIpc) is 2.25. The van der Waals surface area contributed by atoms with Crippen LogP contribution in [-0.4, -0.2) is 24.0 Å². The van der Waals surface area contributed by atoms with Crippen LogP contribution in [0.4, 0.5) is 0 Å². The number of esters is 1. The summed E-state index contributed by atoms with van der Waals surface area (Å²) in [6.07, 6.45) is 0. The first kappa shape index (κ1) is 14.4. The topological polar surface area (TPSA) is 52.6 Å². The van der Waals surface area contributed by atoms with Gasteiger partial charge in [-0.1, -0.05) is 0 Å². The van der Waals surface area contributed by atoms with Crippen LogP contribution in [0.3, 0.4) is 0 Å². The van der Waals surface area contributed by atoms with Crippen LogP contribution in [0.2, 0.25) is 0 Å². The number of ether oxygens (including phenoxy) is 2. The van der Waals surface area contributed by atoms with Gasteiger partial charge < -0.3 is 9.47 Å². The normalized spacial score (nSPS) is 11.1. The number of carbonyl (C=O) groups is 2. The molecule has 0 heterocycles. The second-order valence-corrected chi connectivity index (χ2v) is 4.94. The van der Waals surface area contributed by atoms with Gasteiger partial charge >= 0.3 is 5.97 Å². The van der Waals surface area contributed by atoms with Crippen molar-refractivity contribution in [1.82, 2.24) is 0 Å². The Bertz CT molecular complexity index is 426. The molecule has 18 heavy (non-hydrogen) atoms. The molecule has 0 aliphatic rings.